The van der Waals surface area contributed by atoms with Crippen molar-refractivity contribution in [3.05, 3.63) is 0 Å². The summed E-state index contributed by atoms with van der Waals surface area (Å²) in [7, 11) is 0. The van der Waals surface area contributed by atoms with Crippen LogP contribution in [0, 0.1) is 34.5 Å². The van der Waals surface area contributed by atoms with Crippen molar-refractivity contribution < 1.29 is 0 Å². The van der Waals surface area contributed by atoms with Crippen molar-refractivity contribution >= 4 is 0 Å². The Kier molecular flexibility index (Phi) is 5.04. The second-order valence-corrected chi connectivity index (χ2v) is 15.9. The van der Waals surface area contributed by atoms with Crippen molar-refractivity contribution in [2.24, 2.45) is 34.5 Å². The van der Waals surface area contributed by atoms with Crippen LogP contribution in [0.2, 0.25) is 0 Å². The summed E-state index contributed by atoms with van der Waals surface area (Å²) in [5.41, 5.74) is 2.04. The third-order valence-electron chi connectivity index (χ3n) is 15.4. The smallest absolute Gasteiger partial charge is 0.0788 e. The number of hydrogen-bond donors (Lipinski definition) is 0. The molecule has 0 aromatic carbocycles. The molecular weight excluding hydrogens is 436 g/mol. The van der Waals surface area contributed by atoms with Crippen LogP contribution in [0.4, 0.5) is 0 Å². The highest BCUT2D eigenvalue weighted by atomic mass is 15.5. The van der Waals surface area contributed by atoms with Crippen molar-refractivity contribution in [1.82, 2.24) is 9.80 Å². The number of hydrogen-bond acceptors (Lipinski definition) is 2. The lowest BCUT2D eigenvalue weighted by Crippen LogP contribution is -2.92. The molecule has 2 nitrogen and oxygen atoms in total. The molecule has 200 valence electrons. The van der Waals surface area contributed by atoms with E-state index < -0.39 is 0 Å². The van der Waals surface area contributed by atoms with Crippen molar-refractivity contribution in [2.75, 3.05) is 0 Å². The molecule has 0 aliphatic heterocycles. The largest absolute Gasteiger partial charge is 0.279 e. The summed E-state index contributed by atoms with van der Waals surface area (Å²) in [4.78, 5) is 6.79. The molecule has 9 saturated carbocycles. The van der Waals surface area contributed by atoms with Crippen LogP contribution in [0.1, 0.15) is 148 Å². The van der Waals surface area contributed by atoms with E-state index in [-0.39, 0.29) is 0 Å². The second kappa shape index (κ2) is 7.99. The van der Waals surface area contributed by atoms with Crippen molar-refractivity contribution in [2.45, 2.75) is 178 Å². The fraction of sp³-hybridized carbons (Fsp3) is 1.00. The summed E-state index contributed by atoms with van der Waals surface area (Å²) >= 11 is 0. The molecule has 0 radical (unpaired) electrons. The van der Waals surface area contributed by atoms with Crippen LogP contribution >= 0.6 is 0 Å². The molecule has 9 aliphatic rings. The molecule has 0 bridgehead atoms. The van der Waals surface area contributed by atoms with E-state index in [9.17, 15) is 0 Å². The Morgan fingerprint density at radius 2 is 0.722 bits per heavy atom. The molecule has 0 saturated heterocycles. The third kappa shape index (κ3) is 2.56. The first-order valence-electron chi connectivity index (χ1n) is 17.4. The van der Waals surface area contributed by atoms with Gasteiger partial charge >= 0.3 is 0 Å². The molecular formula is C34H54N2. The van der Waals surface area contributed by atoms with E-state index in [1.54, 1.807) is 70.6 Å². The lowest BCUT2D eigenvalue weighted by atomic mass is 9.20. The molecule has 0 aromatic rings. The van der Waals surface area contributed by atoms with Gasteiger partial charge in [-0.15, -0.1) is 0 Å². The number of nitrogens with zero attached hydrogens (tertiary/aromatic N) is 2. The molecule has 0 spiro atoms. The van der Waals surface area contributed by atoms with Gasteiger partial charge in [0, 0.05) is 24.2 Å². The summed E-state index contributed by atoms with van der Waals surface area (Å²) in [5.74, 6) is 4.40. The average molecular weight is 491 g/mol. The molecule has 9 rings (SSSR count). The van der Waals surface area contributed by atoms with E-state index in [4.69, 9.17) is 0 Å². The van der Waals surface area contributed by atoms with Gasteiger partial charge in [0.05, 0.1) is 5.66 Å². The standard InChI is InChI=1S/C34H54N2/c1-8-24(9-1)32(25-10-2-11-25)22-31-33(32,26-12-3-13-26)23-34(31,35(27-14-4-15-27)28-16-5-17-28)36(29-18-6-19-29)30-20-7-21-30/h24-31H,1-23H2. The summed E-state index contributed by atoms with van der Waals surface area (Å²) in [6.45, 7) is 0. The van der Waals surface area contributed by atoms with Gasteiger partial charge in [0.1, 0.15) is 0 Å². The molecule has 9 aliphatic carbocycles. The topological polar surface area (TPSA) is 6.48 Å². The van der Waals surface area contributed by atoms with Gasteiger partial charge in [0.15, 0.2) is 0 Å². The molecule has 2 heteroatoms. The highest BCUT2D eigenvalue weighted by Gasteiger charge is 2.86. The Hall–Kier alpha value is -0.0800. The normalized spacial score (nSPS) is 41.0. The summed E-state index contributed by atoms with van der Waals surface area (Å²) < 4.78 is 0. The molecule has 2 unspecified atom stereocenters. The summed E-state index contributed by atoms with van der Waals surface area (Å²) in [6.07, 6.45) is 35.9. The first-order chi connectivity index (χ1) is 17.8. The van der Waals surface area contributed by atoms with Crippen LogP contribution in [-0.4, -0.2) is 39.6 Å². The molecule has 36 heavy (non-hydrogen) atoms. The van der Waals surface area contributed by atoms with E-state index in [1.165, 1.54) is 77.0 Å². The minimum atomic E-state index is 0.485. The first kappa shape index (κ1) is 22.7. The van der Waals surface area contributed by atoms with Gasteiger partial charge in [0.25, 0.3) is 0 Å². The van der Waals surface area contributed by atoms with E-state index in [0.717, 1.165) is 58.7 Å². The van der Waals surface area contributed by atoms with E-state index in [1.807, 2.05) is 0 Å². The van der Waals surface area contributed by atoms with Crippen molar-refractivity contribution in [3.63, 3.8) is 0 Å². The predicted molar refractivity (Wildman–Crippen MR) is 147 cm³/mol. The van der Waals surface area contributed by atoms with E-state index >= 15 is 0 Å². The van der Waals surface area contributed by atoms with Gasteiger partial charge in [-0.25, -0.2) is 0 Å². The Morgan fingerprint density at radius 1 is 0.389 bits per heavy atom. The zero-order chi connectivity index (χ0) is 23.5. The van der Waals surface area contributed by atoms with E-state index in [0.29, 0.717) is 5.66 Å². The van der Waals surface area contributed by atoms with Crippen molar-refractivity contribution in [1.29, 1.82) is 0 Å². The fourth-order valence-electron chi connectivity index (χ4n) is 12.4. The lowest BCUT2D eigenvalue weighted by molar-refractivity contribution is -0.427. The molecule has 9 fully saturated rings. The van der Waals surface area contributed by atoms with Crippen LogP contribution < -0.4 is 0 Å². The maximum Gasteiger partial charge on any atom is 0.0788 e. The fourth-order valence-corrected chi connectivity index (χ4v) is 12.4. The summed E-state index contributed by atoms with van der Waals surface area (Å²) in [6, 6.07) is 3.78. The highest BCUT2D eigenvalue weighted by molar-refractivity contribution is 5.35. The summed E-state index contributed by atoms with van der Waals surface area (Å²) in [5, 5.41) is 0. The van der Waals surface area contributed by atoms with Gasteiger partial charge in [-0.1, -0.05) is 44.9 Å². The SMILES string of the molecule is C1CC(N(C2CCC2)C2(N(C3CCC3)C3CCC3)CC3(C4CCC4)C2CC3(C2CCC2)C2CCC2)C1. The first-order valence-corrected chi connectivity index (χ1v) is 17.4. The molecule has 0 aromatic heterocycles. The van der Waals surface area contributed by atoms with Crippen molar-refractivity contribution in [3.8, 4) is 0 Å². The third-order valence-corrected chi connectivity index (χ3v) is 15.4. The molecule has 0 N–H and O–H groups in total. The number of rotatable bonds is 9. The Bertz CT molecular complexity index is 778. The van der Waals surface area contributed by atoms with Gasteiger partial charge in [-0.3, -0.25) is 9.80 Å². The van der Waals surface area contributed by atoms with Gasteiger partial charge in [-0.05, 0) is 137 Å². The highest BCUT2D eigenvalue weighted by Crippen LogP contribution is 2.88. The number of fused-ring (bicyclic) bond motifs is 1. The second-order valence-electron chi connectivity index (χ2n) is 15.9. The quantitative estimate of drug-likeness (QED) is 0.300. The van der Waals surface area contributed by atoms with Crippen LogP contribution in [0.15, 0.2) is 0 Å². The van der Waals surface area contributed by atoms with Gasteiger partial charge < -0.3 is 0 Å². The Balaban J connectivity index is 1.17. The van der Waals surface area contributed by atoms with Crippen LogP contribution in [0.5, 0.6) is 0 Å². The molecule has 2 atom stereocenters. The lowest BCUT2D eigenvalue weighted by Gasteiger charge is -2.90. The van der Waals surface area contributed by atoms with Gasteiger partial charge in [-0.2, -0.15) is 0 Å². The maximum absolute atomic E-state index is 3.39. The molecule has 0 heterocycles. The Morgan fingerprint density at radius 3 is 0.972 bits per heavy atom. The van der Waals surface area contributed by atoms with E-state index in [2.05, 4.69) is 9.80 Å². The Labute approximate surface area is 221 Å². The predicted octanol–water partition coefficient (Wildman–Crippen LogP) is 8.29. The molecule has 0 amide bonds. The average Bonchev–Trinajstić information content (AvgIpc) is 2.58. The zero-order valence-electron chi connectivity index (χ0n) is 23.3. The minimum absolute atomic E-state index is 0.485. The van der Waals surface area contributed by atoms with Crippen LogP contribution in [0.3, 0.4) is 0 Å². The monoisotopic (exact) mass is 490 g/mol. The van der Waals surface area contributed by atoms with Gasteiger partial charge in [0.2, 0.25) is 0 Å². The zero-order valence-corrected chi connectivity index (χ0v) is 23.3. The van der Waals surface area contributed by atoms with Crippen LogP contribution in [-0.2, 0) is 0 Å². The maximum atomic E-state index is 3.39. The minimum Gasteiger partial charge on any atom is -0.279 e. The van der Waals surface area contributed by atoms with Crippen LogP contribution in [0.25, 0.3) is 0 Å².